The van der Waals surface area contributed by atoms with Crippen LogP contribution in [0.2, 0.25) is 0 Å². The van der Waals surface area contributed by atoms with Gasteiger partial charge in [0.05, 0.1) is 31.3 Å². The van der Waals surface area contributed by atoms with Crippen LogP contribution >= 0.6 is 0 Å². The lowest BCUT2D eigenvalue weighted by atomic mass is 9.79. The summed E-state index contributed by atoms with van der Waals surface area (Å²) in [5.41, 5.74) is 0.797. The maximum atomic E-state index is 12.7. The van der Waals surface area contributed by atoms with Crippen molar-refractivity contribution in [3.63, 3.8) is 0 Å². The smallest absolute Gasteiger partial charge is 0.478 e. The third kappa shape index (κ3) is 6.02. The number of pyridine rings is 1. The summed E-state index contributed by atoms with van der Waals surface area (Å²) in [6, 6.07) is 14.5. The van der Waals surface area contributed by atoms with Gasteiger partial charge in [0.15, 0.2) is 0 Å². The molecule has 2 aliphatic rings. The van der Waals surface area contributed by atoms with E-state index in [1.807, 2.05) is 18.2 Å². The standard InChI is InChI=1S/C21H21N3O3.C2HF3O2/c22-13-16-4-3-5-17(12-16)20(25)24-14-21(15-24)18(8-11-27-21)7-10-26-19-6-1-2-9-23-19;3-2(4,5)1(6)7/h1-6,9,12,18H,7-8,10-11,14-15H2;(H,6,7). The van der Waals surface area contributed by atoms with Crippen LogP contribution in [0.3, 0.4) is 0 Å². The van der Waals surface area contributed by atoms with E-state index in [-0.39, 0.29) is 11.5 Å². The molecule has 1 N–H and O–H groups in total. The summed E-state index contributed by atoms with van der Waals surface area (Å²) in [6.45, 7) is 2.50. The summed E-state index contributed by atoms with van der Waals surface area (Å²) in [5.74, 6) is -1.80. The second kappa shape index (κ2) is 10.5. The fraction of sp³-hybridized carbons (Fsp3) is 0.391. The molecule has 0 saturated carbocycles. The average Bonchev–Trinajstić information content (AvgIpc) is 3.22. The van der Waals surface area contributed by atoms with E-state index in [1.54, 1.807) is 35.4 Å². The summed E-state index contributed by atoms with van der Waals surface area (Å²) in [6.07, 6.45) is -1.51. The third-order valence-corrected chi connectivity index (χ3v) is 5.64. The number of ether oxygens (including phenoxy) is 2. The Bertz CT molecular complexity index is 1050. The van der Waals surface area contributed by atoms with Gasteiger partial charge in [-0.1, -0.05) is 12.1 Å². The topological polar surface area (TPSA) is 113 Å². The van der Waals surface area contributed by atoms with Crippen molar-refractivity contribution in [3.8, 4) is 11.9 Å². The van der Waals surface area contributed by atoms with Crippen LogP contribution in [0, 0.1) is 17.2 Å². The van der Waals surface area contributed by atoms with Gasteiger partial charge in [-0.05, 0) is 43.0 Å². The molecule has 0 aliphatic carbocycles. The van der Waals surface area contributed by atoms with Gasteiger partial charge >= 0.3 is 12.1 Å². The van der Waals surface area contributed by atoms with E-state index in [0.717, 1.165) is 19.4 Å². The lowest BCUT2D eigenvalue weighted by Gasteiger charge is -2.50. The fourth-order valence-electron chi connectivity index (χ4n) is 3.93. The minimum absolute atomic E-state index is 0.0447. The number of likely N-dealkylation sites (tertiary alicyclic amines) is 1. The van der Waals surface area contributed by atoms with Gasteiger partial charge in [0.2, 0.25) is 5.88 Å². The Balaban J connectivity index is 0.000000406. The Kier molecular flexibility index (Phi) is 7.73. The minimum atomic E-state index is -5.08. The van der Waals surface area contributed by atoms with Gasteiger partial charge in [-0.3, -0.25) is 4.79 Å². The largest absolute Gasteiger partial charge is 0.490 e. The minimum Gasteiger partial charge on any atom is -0.478 e. The normalized spacial score (nSPS) is 18.3. The Morgan fingerprint density at radius 1 is 1.26 bits per heavy atom. The first kappa shape index (κ1) is 25.0. The monoisotopic (exact) mass is 477 g/mol. The predicted octanol–water partition coefficient (Wildman–Crippen LogP) is 3.29. The van der Waals surface area contributed by atoms with Crippen LogP contribution in [0.25, 0.3) is 0 Å². The Morgan fingerprint density at radius 3 is 2.62 bits per heavy atom. The SMILES string of the molecule is N#Cc1cccc(C(=O)N2CC3(C2)OCCC3CCOc2ccccn2)c1.O=C(O)C(F)(F)F. The molecule has 1 spiro atoms. The Morgan fingerprint density at radius 2 is 2.00 bits per heavy atom. The number of nitriles is 1. The van der Waals surface area contributed by atoms with E-state index in [0.29, 0.717) is 42.6 Å². The van der Waals surface area contributed by atoms with Gasteiger partial charge in [0.1, 0.15) is 5.60 Å². The van der Waals surface area contributed by atoms with Gasteiger partial charge in [0.25, 0.3) is 5.91 Å². The second-order valence-corrected chi connectivity index (χ2v) is 7.86. The van der Waals surface area contributed by atoms with Crippen LogP contribution in [0.4, 0.5) is 13.2 Å². The zero-order valence-corrected chi connectivity index (χ0v) is 18.0. The van der Waals surface area contributed by atoms with Gasteiger partial charge in [0, 0.05) is 24.4 Å². The molecule has 1 aromatic heterocycles. The molecule has 1 unspecified atom stereocenters. The molecule has 0 radical (unpaired) electrons. The number of carbonyl (C=O) groups is 2. The molecular formula is C23H22F3N3O5. The number of carboxylic acid groups (broad SMARTS) is 1. The lowest BCUT2D eigenvalue weighted by molar-refractivity contribution is -0.192. The van der Waals surface area contributed by atoms with Crippen LogP contribution in [0.15, 0.2) is 48.7 Å². The zero-order valence-electron chi connectivity index (χ0n) is 18.0. The quantitative estimate of drug-likeness (QED) is 0.703. The molecule has 1 aromatic carbocycles. The van der Waals surface area contributed by atoms with Crippen molar-refractivity contribution in [2.75, 3.05) is 26.3 Å². The number of hydrogen-bond acceptors (Lipinski definition) is 6. The number of hydrogen-bond donors (Lipinski definition) is 1. The molecular weight excluding hydrogens is 455 g/mol. The van der Waals surface area contributed by atoms with E-state index in [9.17, 15) is 18.0 Å². The van der Waals surface area contributed by atoms with Gasteiger partial charge in [-0.2, -0.15) is 18.4 Å². The van der Waals surface area contributed by atoms with Crippen molar-refractivity contribution in [1.82, 2.24) is 9.88 Å². The van der Waals surface area contributed by atoms with Crippen LogP contribution in [0.5, 0.6) is 5.88 Å². The van der Waals surface area contributed by atoms with Crippen molar-refractivity contribution in [2.45, 2.75) is 24.6 Å². The molecule has 180 valence electrons. The first-order valence-corrected chi connectivity index (χ1v) is 10.4. The lowest BCUT2D eigenvalue weighted by Crippen LogP contribution is -2.66. The number of aromatic nitrogens is 1. The van der Waals surface area contributed by atoms with Gasteiger partial charge < -0.3 is 19.5 Å². The van der Waals surface area contributed by atoms with Gasteiger partial charge in [-0.15, -0.1) is 0 Å². The summed E-state index contributed by atoms with van der Waals surface area (Å²) < 4.78 is 43.5. The molecule has 1 atom stereocenters. The zero-order chi connectivity index (χ0) is 24.8. The number of rotatable bonds is 5. The van der Waals surface area contributed by atoms with E-state index < -0.39 is 12.1 Å². The molecule has 2 aliphatic heterocycles. The van der Waals surface area contributed by atoms with E-state index in [2.05, 4.69) is 11.1 Å². The molecule has 2 fully saturated rings. The number of carbonyl (C=O) groups excluding carboxylic acids is 1. The van der Waals surface area contributed by atoms with Crippen molar-refractivity contribution in [3.05, 3.63) is 59.8 Å². The second-order valence-electron chi connectivity index (χ2n) is 7.86. The molecule has 8 nitrogen and oxygen atoms in total. The van der Waals surface area contributed by atoms with E-state index in [1.165, 1.54) is 0 Å². The third-order valence-electron chi connectivity index (χ3n) is 5.64. The van der Waals surface area contributed by atoms with Crippen LogP contribution in [0.1, 0.15) is 28.8 Å². The summed E-state index contributed by atoms with van der Waals surface area (Å²) in [7, 11) is 0. The number of alkyl halides is 3. The molecule has 0 bridgehead atoms. The van der Waals surface area contributed by atoms with Crippen LogP contribution in [-0.4, -0.2) is 64.9 Å². The highest BCUT2D eigenvalue weighted by Gasteiger charge is 2.54. The highest BCUT2D eigenvalue weighted by Crippen LogP contribution is 2.42. The highest BCUT2D eigenvalue weighted by atomic mass is 19.4. The fourth-order valence-corrected chi connectivity index (χ4v) is 3.93. The van der Waals surface area contributed by atoms with Crippen molar-refractivity contribution < 1.29 is 37.3 Å². The molecule has 4 rings (SSSR count). The molecule has 2 aromatic rings. The predicted molar refractivity (Wildman–Crippen MR) is 112 cm³/mol. The number of amides is 1. The first-order valence-electron chi connectivity index (χ1n) is 10.4. The maximum absolute atomic E-state index is 12.7. The molecule has 2 saturated heterocycles. The molecule has 34 heavy (non-hydrogen) atoms. The highest BCUT2D eigenvalue weighted by molar-refractivity contribution is 5.95. The van der Waals surface area contributed by atoms with E-state index >= 15 is 0 Å². The van der Waals surface area contributed by atoms with Gasteiger partial charge in [-0.25, -0.2) is 9.78 Å². The number of nitrogens with zero attached hydrogens (tertiary/aromatic N) is 3. The maximum Gasteiger partial charge on any atom is 0.490 e. The summed E-state index contributed by atoms with van der Waals surface area (Å²) >= 11 is 0. The van der Waals surface area contributed by atoms with Crippen LogP contribution in [-0.2, 0) is 9.53 Å². The van der Waals surface area contributed by atoms with Crippen LogP contribution < -0.4 is 4.74 Å². The Labute approximate surface area is 193 Å². The van der Waals surface area contributed by atoms with Crippen molar-refractivity contribution in [1.29, 1.82) is 5.26 Å². The van der Waals surface area contributed by atoms with E-state index in [4.69, 9.17) is 24.6 Å². The number of benzene rings is 1. The number of aliphatic carboxylic acids is 1. The Hall–Kier alpha value is -3.65. The summed E-state index contributed by atoms with van der Waals surface area (Å²) in [4.78, 5) is 27.5. The number of halogens is 3. The number of carboxylic acids is 1. The van der Waals surface area contributed by atoms with Crippen molar-refractivity contribution >= 4 is 11.9 Å². The first-order chi connectivity index (χ1) is 16.1. The molecule has 11 heteroatoms. The van der Waals surface area contributed by atoms with Crippen molar-refractivity contribution in [2.24, 2.45) is 5.92 Å². The molecule has 1 amide bonds. The molecule has 3 heterocycles. The average molecular weight is 477 g/mol. The summed E-state index contributed by atoms with van der Waals surface area (Å²) in [5, 5.41) is 16.1.